The van der Waals surface area contributed by atoms with Crippen molar-refractivity contribution in [2.24, 2.45) is 5.84 Å². The number of nitrogens with two attached hydrogens (primary N) is 1. The highest BCUT2D eigenvalue weighted by atomic mass is 16.1. The summed E-state index contributed by atoms with van der Waals surface area (Å²) >= 11 is 0. The molecule has 0 spiro atoms. The molecular weight excluding hydrogens is 190 g/mol. The number of hydrazine groups is 1. The molecule has 1 unspecified atom stereocenters. The summed E-state index contributed by atoms with van der Waals surface area (Å²) in [6, 6.07) is 7.27. The number of rotatable bonds is 4. The molecule has 0 aliphatic rings. The van der Waals surface area contributed by atoms with Crippen molar-refractivity contribution < 1.29 is 4.79 Å². The van der Waals surface area contributed by atoms with Crippen molar-refractivity contribution in [3.05, 3.63) is 29.8 Å². The molecule has 0 aliphatic carbocycles. The number of anilines is 1. The molecule has 0 saturated carbocycles. The Morgan fingerprint density at radius 1 is 1.53 bits per heavy atom. The van der Waals surface area contributed by atoms with E-state index in [0.29, 0.717) is 5.56 Å². The van der Waals surface area contributed by atoms with Crippen LogP contribution in [0.15, 0.2) is 24.3 Å². The van der Waals surface area contributed by atoms with Crippen molar-refractivity contribution >= 4 is 11.6 Å². The zero-order chi connectivity index (χ0) is 11.3. The Hall–Kier alpha value is -1.55. The normalized spacial score (nSPS) is 11.9. The number of hydrogen-bond acceptors (Lipinski definition) is 3. The van der Waals surface area contributed by atoms with Gasteiger partial charge in [-0.05, 0) is 31.5 Å². The Kier molecular flexibility index (Phi) is 4.12. The topological polar surface area (TPSA) is 67.2 Å². The van der Waals surface area contributed by atoms with Crippen LogP contribution in [0.1, 0.15) is 30.6 Å². The van der Waals surface area contributed by atoms with E-state index in [1.54, 1.807) is 24.3 Å². The Bertz CT molecular complexity index is 338. The molecule has 0 bridgehead atoms. The summed E-state index contributed by atoms with van der Waals surface area (Å²) in [6.07, 6.45) is 0.917. The summed E-state index contributed by atoms with van der Waals surface area (Å²) in [5.74, 6) is 5.20. The fourth-order valence-electron chi connectivity index (χ4n) is 1.16. The molecule has 82 valence electrons. The van der Waals surface area contributed by atoms with Crippen LogP contribution in [0.5, 0.6) is 0 Å². The van der Waals surface area contributed by atoms with Crippen LogP contribution in [0, 0.1) is 0 Å². The Morgan fingerprint density at radius 3 is 2.87 bits per heavy atom. The summed E-state index contributed by atoms with van der Waals surface area (Å²) in [4.78, 5) is 11.7. The third kappa shape index (κ3) is 3.25. The predicted molar refractivity (Wildman–Crippen MR) is 61.5 cm³/mol. The van der Waals surface area contributed by atoms with Gasteiger partial charge >= 0.3 is 0 Å². The zero-order valence-corrected chi connectivity index (χ0v) is 9.08. The van der Waals surface area contributed by atoms with Gasteiger partial charge in [0.05, 0.1) is 0 Å². The van der Waals surface area contributed by atoms with Crippen molar-refractivity contribution in [1.29, 1.82) is 0 Å². The molecule has 0 fully saturated rings. The van der Waals surface area contributed by atoms with Crippen molar-refractivity contribution in [2.75, 3.05) is 5.43 Å². The van der Waals surface area contributed by atoms with Crippen LogP contribution in [-0.2, 0) is 0 Å². The smallest absolute Gasteiger partial charge is 0.251 e. The van der Waals surface area contributed by atoms with Gasteiger partial charge in [0.1, 0.15) is 0 Å². The van der Waals surface area contributed by atoms with Gasteiger partial charge in [-0.3, -0.25) is 10.6 Å². The van der Waals surface area contributed by atoms with E-state index in [-0.39, 0.29) is 11.9 Å². The minimum atomic E-state index is -0.0681. The van der Waals surface area contributed by atoms with E-state index in [0.717, 1.165) is 12.1 Å². The van der Waals surface area contributed by atoms with Crippen LogP contribution in [0.3, 0.4) is 0 Å². The lowest BCUT2D eigenvalue weighted by Gasteiger charge is -2.11. The van der Waals surface area contributed by atoms with Crippen LogP contribution >= 0.6 is 0 Å². The number of nitrogens with one attached hydrogen (secondary N) is 2. The lowest BCUT2D eigenvalue weighted by Crippen LogP contribution is -2.31. The third-order valence-corrected chi connectivity index (χ3v) is 2.28. The highest BCUT2D eigenvalue weighted by Crippen LogP contribution is 2.09. The molecule has 4 heteroatoms. The van der Waals surface area contributed by atoms with Gasteiger partial charge < -0.3 is 10.7 Å². The SMILES string of the molecule is CCC(C)NC(=O)c1cccc(NN)c1. The molecule has 15 heavy (non-hydrogen) atoms. The van der Waals surface area contributed by atoms with Gasteiger partial charge in [0.15, 0.2) is 0 Å². The molecule has 1 aromatic rings. The first kappa shape index (κ1) is 11.5. The van der Waals surface area contributed by atoms with E-state index in [4.69, 9.17) is 5.84 Å². The van der Waals surface area contributed by atoms with Gasteiger partial charge in [0.25, 0.3) is 5.91 Å². The van der Waals surface area contributed by atoms with Crippen molar-refractivity contribution in [2.45, 2.75) is 26.3 Å². The van der Waals surface area contributed by atoms with Crippen LogP contribution in [0.4, 0.5) is 5.69 Å². The fourth-order valence-corrected chi connectivity index (χ4v) is 1.16. The van der Waals surface area contributed by atoms with E-state index >= 15 is 0 Å². The lowest BCUT2D eigenvalue weighted by molar-refractivity contribution is 0.0939. The second kappa shape index (κ2) is 5.36. The fraction of sp³-hybridized carbons (Fsp3) is 0.364. The molecule has 1 amide bonds. The van der Waals surface area contributed by atoms with Crippen LogP contribution in [0.2, 0.25) is 0 Å². The van der Waals surface area contributed by atoms with Crippen LogP contribution < -0.4 is 16.6 Å². The van der Waals surface area contributed by atoms with Gasteiger partial charge in [-0.25, -0.2) is 0 Å². The summed E-state index contributed by atoms with van der Waals surface area (Å²) in [5.41, 5.74) is 3.85. The van der Waals surface area contributed by atoms with Crippen LogP contribution in [0.25, 0.3) is 0 Å². The molecule has 4 nitrogen and oxygen atoms in total. The maximum absolute atomic E-state index is 11.7. The first-order valence-corrected chi connectivity index (χ1v) is 5.05. The maximum Gasteiger partial charge on any atom is 0.251 e. The summed E-state index contributed by atoms with van der Waals surface area (Å²) in [6.45, 7) is 4.01. The van der Waals surface area contributed by atoms with E-state index in [9.17, 15) is 4.79 Å². The van der Waals surface area contributed by atoms with Crippen LogP contribution in [-0.4, -0.2) is 11.9 Å². The average Bonchev–Trinajstić information content (AvgIpc) is 2.28. The highest BCUT2D eigenvalue weighted by molar-refractivity contribution is 5.95. The van der Waals surface area contributed by atoms with Gasteiger partial charge in [-0.15, -0.1) is 0 Å². The number of carbonyl (C=O) groups excluding carboxylic acids is 1. The molecule has 0 saturated heterocycles. The second-order valence-electron chi connectivity index (χ2n) is 3.51. The monoisotopic (exact) mass is 207 g/mol. The molecule has 1 aromatic carbocycles. The number of benzene rings is 1. The molecule has 4 N–H and O–H groups in total. The molecule has 0 radical (unpaired) electrons. The van der Waals surface area contributed by atoms with Gasteiger partial charge in [0.2, 0.25) is 0 Å². The summed E-state index contributed by atoms with van der Waals surface area (Å²) in [5, 5.41) is 2.89. The molecule has 0 heterocycles. The molecule has 0 aliphatic heterocycles. The lowest BCUT2D eigenvalue weighted by atomic mass is 10.1. The van der Waals surface area contributed by atoms with E-state index in [2.05, 4.69) is 10.7 Å². The number of hydrogen-bond donors (Lipinski definition) is 3. The summed E-state index contributed by atoms with van der Waals surface area (Å²) in [7, 11) is 0. The minimum absolute atomic E-state index is 0.0681. The highest BCUT2D eigenvalue weighted by Gasteiger charge is 2.08. The quantitative estimate of drug-likeness (QED) is 0.517. The van der Waals surface area contributed by atoms with Crippen molar-refractivity contribution in [3.63, 3.8) is 0 Å². The van der Waals surface area contributed by atoms with Gasteiger partial charge in [-0.2, -0.15) is 0 Å². The van der Waals surface area contributed by atoms with E-state index < -0.39 is 0 Å². The van der Waals surface area contributed by atoms with E-state index in [1.807, 2.05) is 13.8 Å². The Morgan fingerprint density at radius 2 is 2.27 bits per heavy atom. The molecule has 1 atom stereocenters. The van der Waals surface area contributed by atoms with Crippen molar-refractivity contribution in [3.8, 4) is 0 Å². The number of carbonyl (C=O) groups is 1. The van der Waals surface area contributed by atoms with E-state index in [1.165, 1.54) is 0 Å². The molecule has 1 rings (SSSR count). The first-order chi connectivity index (χ1) is 7.17. The minimum Gasteiger partial charge on any atom is -0.350 e. The molecule has 0 aromatic heterocycles. The zero-order valence-electron chi connectivity index (χ0n) is 9.08. The molecular formula is C11H17N3O. The summed E-state index contributed by atoms with van der Waals surface area (Å²) < 4.78 is 0. The standard InChI is InChI=1S/C11H17N3O/c1-3-8(2)13-11(15)9-5-4-6-10(7-9)14-12/h4-8,14H,3,12H2,1-2H3,(H,13,15). The largest absolute Gasteiger partial charge is 0.350 e. The Labute approximate surface area is 89.8 Å². The maximum atomic E-state index is 11.7. The van der Waals surface area contributed by atoms with Gasteiger partial charge in [0, 0.05) is 17.3 Å². The number of amides is 1. The first-order valence-electron chi connectivity index (χ1n) is 5.05. The van der Waals surface area contributed by atoms with Gasteiger partial charge in [-0.1, -0.05) is 13.0 Å². The Balaban J connectivity index is 2.73. The predicted octanol–water partition coefficient (Wildman–Crippen LogP) is 1.50. The average molecular weight is 207 g/mol. The second-order valence-corrected chi connectivity index (χ2v) is 3.51. The third-order valence-electron chi connectivity index (χ3n) is 2.28. The van der Waals surface area contributed by atoms with Crippen molar-refractivity contribution in [1.82, 2.24) is 5.32 Å². The number of nitrogen functional groups attached to an aromatic ring is 1.